The average molecular weight is 442 g/mol. The van der Waals surface area contributed by atoms with Gasteiger partial charge in [0.2, 0.25) is 0 Å². The standard InChI is InChI=1S/C12H18N2O10P2S/c1-22-10-9(24-26(20,21)27)8(5-4-6(5)25(17,18)19)23-11(10)14-3-2-7(15)13-12(14)16/h2-3,5-6,8-11H,4H2,1H3,(H,13,15,16)(H2,17,18,19)(H2,20,21,27)/p-2. The molecule has 0 radical (unpaired) electrons. The molecular weight excluding hydrogens is 426 g/mol. The first kappa shape index (κ1) is 21.0. The Morgan fingerprint density at radius 1 is 1.37 bits per heavy atom. The van der Waals surface area contributed by atoms with Gasteiger partial charge in [-0.15, -0.1) is 0 Å². The van der Waals surface area contributed by atoms with Gasteiger partial charge >= 0.3 is 5.69 Å². The molecule has 1 aromatic heterocycles. The van der Waals surface area contributed by atoms with Crippen molar-refractivity contribution < 1.29 is 38.1 Å². The number of H-pyrrole nitrogens is 1. The monoisotopic (exact) mass is 442 g/mol. The summed E-state index contributed by atoms with van der Waals surface area (Å²) in [5, 5.41) is 0. The van der Waals surface area contributed by atoms with Crippen molar-refractivity contribution in [2.75, 3.05) is 7.11 Å². The second kappa shape index (κ2) is 7.27. The number of hydrogen-bond acceptors (Lipinski definition) is 9. The van der Waals surface area contributed by atoms with Crippen LogP contribution in [0.3, 0.4) is 0 Å². The molecule has 1 saturated heterocycles. The normalized spacial score (nSPS) is 37.5. The van der Waals surface area contributed by atoms with Gasteiger partial charge in [0.15, 0.2) is 6.23 Å². The highest BCUT2D eigenvalue weighted by Crippen LogP contribution is 2.60. The minimum atomic E-state index is -4.65. The average Bonchev–Trinajstić information content (AvgIpc) is 3.24. The van der Waals surface area contributed by atoms with Crippen LogP contribution < -0.4 is 21.0 Å². The van der Waals surface area contributed by atoms with E-state index in [1.807, 2.05) is 4.98 Å². The molecule has 0 bridgehead atoms. The molecule has 1 aromatic rings. The molecule has 1 saturated carbocycles. The fourth-order valence-electron chi connectivity index (χ4n) is 3.31. The van der Waals surface area contributed by atoms with E-state index in [0.717, 1.165) is 16.8 Å². The fourth-order valence-corrected chi connectivity index (χ4v) is 5.32. The summed E-state index contributed by atoms with van der Waals surface area (Å²) in [6.45, 7) is -4.44. The van der Waals surface area contributed by atoms with Crippen LogP contribution in [0.1, 0.15) is 12.6 Å². The highest BCUT2D eigenvalue weighted by Gasteiger charge is 2.59. The minimum absolute atomic E-state index is 0.0403. The van der Waals surface area contributed by atoms with Crippen LogP contribution >= 0.6 is 14.3 Å². The highest BCUT2D eigenvalue weighted by atomic mass is 32.5. The van der Waals surface area contributed by atoms with E-state index in [1.165, 1.54) is 7.11 Å². The Morgan fingerprint density at radius 3 is 2.52 bits per heavy atom. The second-order valence-electron chi connectivity index (χ2n) is 6.28. The van der Waals surface area contributed by atoms with Crippen LogP contribution in [0.4, 0.5) is 0 Å². The Morgan fingerprint density at radius 2 is 2.04 bits per heavy atom. The number of hydrogen-bond donors (Lipinski definition) is 3. The zero-order valence-electron chi connectivity index (χ0n) is 13.7. The summed E-state index contributed by atoms with van der Waals surface area (Å²) in [4.78, 5) is 67.0. The summed E-state index contributed by atoms with van der Waals surface area (Å²) in [6.07, 6.45) is -3.51. The number of aromatic nitrogens is 2. The van der Waals surface area contributed by atoms with Crippen LogP contribution in [-0.4, -0.2) is 50.4 Å². The Kier molecular flexibility index (Phi) is 5.65. The van der Waals surface area contributed by atoms with Crippen LogP contribution in [0.5, 0.6) is 0 Å². The molecule has 27 heavy (non-hydrogen) atoms. The topological polar surface area (TPSA) is 186 Å². The van der Waals surface area contributed by atoms with Crippen molar-refractivity contribution in [3.63, 3.8) is 0 Å². The van der Waals surface area contributed by atoms with E-state index in [1.54, 1.807) is 0 Å². The Hall–Kier alpha value is -0.720. The third-order valence-electron chi connectivity index (χ3n) is 4.52. The van der Waals surface area contributed by atoms with Crippen LogP contribution in [0.15, 0.2) is 21.9 Å². The Balaban J connectivity index is 1.97. The zero-order valence-corrected chi connectivity index (χ0v) is 16.3. The van der Waals surface area contributed by atoms with E-state index >= 15 is 0 Å². The van der Waals surface area contributed by atoms with Gasteiger partial charge in [0.05, 0.1) is 6.10 Å². The number of rotatable bonds is 6. The molecule has 3 rings (SSSR count). The molecule has 0 aromatic carbocycles. The molecule has 8 unspecified atom stereocenters. The van der Waals surface area contributed by atoms with Crippen LogP contribution in [-0.2, 0) is 30.4 Å². The smallest absolute Gasteiger partial charge is 0.330 e. The van der Waals surface area contributed by atoms with Gasteiger partial charge in [-0.3, -0.25) is 14.3 Å². The molecule has 0 spiro atoms. The SMILES string of the molecule is COC1C(OP([O-])(O)=S)C(C2CC2P(=O)([O-])O)OC1n1ccc(=O)[nH]c1=O. The molecule has 2 heterocycles. The lowest BCUT2D eigenvalue weighted by Crippen LogP contribution is -2.40. The highest BCUT2D eigenvalue weighted by molar-refractivity contribution is 8.06. The first-order chi connectivity index (χ1) is 12.4. The number of methoxy groups -OCH3 is 1. The van der Waals surface area contributed by atoms with Crippen molar-refractivity contribution in [1.82, 2.24) is 9.55 Å². The quantitative estimate of drug-likeness (QED) is 0.391. The van der Waals surface area contributed by atoms with Gasteiger partial charge in [-0.05, 0) is 12.3 Å². The summed E-state index contributed by atoms with van der Waals surface area (Å²) >= 11 is 4.38. The van der Waals surface area contributed by atoms with Gasteiger partial charge in [0, 0.05) is 25.0 Å². The first-order valence-corrected chi connectivity index (χ1v) is 11.9. The predicted octanol–water partition coefficient (Wildman–Crippen LogP) is -2.65. The summed E-state index contributed by atoms with van der Waals surface area (Å²) in [7, 11) is -3.42. The van der Waals surface area contributed by atoms with Gasteiger partial charge in [0.25, 0.3) is 5.56 Å². The van der Waals surface area contributed by atoms with Crippen LogP contribution in [0.25, 0.3) is 0 Å². The largest absolute Gasteiger partial charge is 0.780 e. The molecule has 3 N–H and O–H groups in total. The van der Waals surface area contributed by atoms with E-state index in [0.29, 0.717) is 0 Å². The lowest BCUT2D eigenvalue weighted by atomic mass is 10.1. The molecule has 12 nitrogen and oxygen atoms in total. The maximum absolute atomic E-state index is 12.1. The molecule has 152 valence electrons. The summed E-state index contributed by atoms with van der Waals surface area (Å²) in [5.41, 5.74) is -2.59. The predicted molar refractivity (Wildman–Crippen MR) is 89.1 cm³/mol. The third kappa shape index (κ3) is 4.48. The molecule has 1 aliphatic carbocycles. The number of nitrogens with zero attached hydrogens (tertiary/aromatic N) is 1. The molecule has 0 amide bonds. The van der Waals surface area contributed by atoms with E-state index < -0.39 is 61.7 Å². The summed E-state index contributed by atoms with van der Waals surface area (Å²) < 4.78 is 28.3. The van der Waals surface area contributed by atoms with Crippen molar-refractivity contribution in [3.8, 4) is 0 Å². The number of aromatic amines is 1. The van der Waals surface area contributed by atoms with E-state index in [9.17, 15) is 33.7 Å². The van der Waals surface area contributed by atoms with Gasteiger partial charge in [-0.2, -0.15) is 0 Å². The van der Waals surface area contributed by atoms with Crippen molar-refractivity contribution in [3.05, 3.63) is 33.1 Å². The van der Waals surface area contributed by atoms with Crippen LogP contribution in [0.2, 0.25) is 0 Å². The fraction of sp³-hybridized carbons (Fsp3) is 0.667. The number of nitrogens with one attached hydrogen (secondary N) is 1. The van der Waals surface area contributed by atoms with Gasteiger partial charge in [-0.25, -0.2) is 4.79 Å². The summed E-state index contributed by atoms with van der Waals surface area (Å²) in [6, 6.07) is 1.06. The lowest BCUT2D eigenvalue weighted by Gasteiger charge is -2.30. The molecule has 2 fully saturated rings. The molecule has 2 aliphatic rings. The van der Waals surface area contributed by atoms with Gasteiger partial charge in [0.1, 0.15) is 26.5 Å². The molecule has 8 atom stereocenters. The van der Waals surface area contributed by atoms with Crippen LogP contribution in [0, 0.1) is 5.92 Å². The van der Waals surface area contributed by atoms with Gasteiger partial charge < -0.3 is 38.1 Å². The maximum Gasteiger partial charge on any atom is 0.330 e. The lowest BCUT2D eigenvalue weighted by molar-refractivity contribution is -0.210. The Labute approximate surface area is 157 Å². The second-order valence-corrected chi connectivity index (χ2v) is 10.6. The third-order valence-corrected chi connectivity index (χ3v) is 6.72. The maximum atomic E-state index is 12.1. The van der Waals surface area contributed by atoms with Crippen molar-refractivity contribution in [1.29, 1.82) is 0 Å². The molecule has 15 heteroatoms. The van der Waals surface area contributed by atoms with E-state index in [-0.39, 0.29) is 6.42 Å². The zero-order chi connectivity index (χ0) is 20.1. The number of ether oxygens (including phenoxy) is 2. The van der Waals surface area contributed by atoms with E-state index in [4.69, 9.17) is 14.0 Å². The minimum Gasteiger partial charge on any atom is -0.780 e. The summed E-state index contributed by atoms with van der Waals surface area (Å²) in [5.74, 6) is -0.744. The first-order valence-electron chi connectivity index (χ1n) is 7.68. The molecular formula is C12H16N2O10P2S-2. The van der Waals surface area contributed by atoms with E-state index in [2.05, 4.69) is 11.8 Å². The van der Waals surface area contributed by atoms with Crippen molar-refractivity contribution in [2.24, 2.45) is 5.92 Å². The Bertz CT molecular complexity index is 921. The van der Waals surface area contributed by atoms with Crippen molar-refractivity contribution >= 4 is 26.1 Å². The van der Waals surface area contributed by atoms with Gasteiger partial charge in [-0.1, -0.05) is 11.8 Å². The van der Waals surface area contributed by atoms with Crippen molar-refractivity contribution in [2.45, 2.75) is 36.6 Å². The molecule has 1 aliphatic heterocycles.